The highest BCUT2D eigenvalue weighted by atomic mass is 35.5. The number of aromatic nitrogens is 2. The Balaban J connectivity index is 1.36. The molecule has 2 aromatic carbocycles. The van der Waals surface area contributed by atoms with Crippen molar-refractivity contribution in [1.29, 1.82) is 0 Å². The first kappa shape index (κ1) is 28.2. The first-order chi connectivity index (χ1) is 20.0. The predicted molar refractivity (Wildman–Crippen MR) is 152 cm³/mol. The molecule has 1 N–H and O–H groups in total. The lowest BCUT2D eigenvalue weighted by molar-refractivity contribution is -0.137. The van der Waals surface area contributed by atoms with E-state index in [0.29, 0.717) is 26.2 Å². The maximum atomic E-state index is 13.8. The van der Waals surface area contributed by atoms with Crippen molar-refractivity contribution >= 4 is 63.8 Å². The Bertz CT molecular complexity index is 1780. The Morgan fingerprint density at radius 2 is 1.79 bits per heavy atom. The summed E-state index contributed by atoms with van der Waals surface area (Å²) < 4.78 is 40.6. The van der Waals surface area contributed by atoms with Gasteiger partial charge in [0.05, 0.1) is 22.2 Å². The van der Waals surface area contributed by atoms with Gasteiger partial charge in [-0.1, -0.05) is 46.8 Å². The van der Waals surface area contributed by atoms with Crippen molar-refractivity contribution < 1.29 is 27.6 Å². The third kappa shape index (κ3) is 5.01. The number of hydrogen-bond acceptors (Lipinski definition) is 7. The van der Waals surface area contributed by atoms with Crippen molar-refractivity contribution in [2.45, 2.75) is 28.9 Å². The van der Waals surface area contributed by atoms with Crippen LogP contribution in [0.3, 0.4) is 0 Å². The topological polar surface area (TPSA) is 101 Å². The van der Waals surface area contributed by atoms with Gasteiger partial charge < -0.3 is 5.32 Å². The first-order valence-corrected chi connectivity index (χ1v) is 14.5. The van der Waals surface area contributed by atoms with Gasteiger partial charge in [0.2, 0.25) is 17.7 Å². The highest BCUT2D eigenvalue weighted by Crippen LogP contribution is 2.53. The average molecular weight is 631 g/mol. The first-order valence-electron chi connectivity index (χ1n) is 12.4. The predicted octanol–water partition coefficient (Wildman–Crippen LogP) is 5.41. The van der Waals surface area contributed by atoms with E-state index in [2.05, 4.69) is 10.3 Å². The monoisotopic (exact) mass is 630 g/mol. The fourth-order valence-electron chi connectivity index (χ4n) is 5.14. The van der Waals surface area contributed by atoms with Gasteiger partial charge in [-0.3, -0.25) is 28.7 Å². The Labute approximate surface area is 249 Å². The number of carbonyl (C=O) groups excluding carboxylic acids is 3. The van der Waals surface area contributed by atoms with Gasteiger partial charge in [-0.25, -0.2) is 4.90 Å². The van der Waals surface area contributed by atoms with E-state index in [4.69, 9.17) is 11.6 Å². The number of nitrogens with one attached hydrogen (secondary N) is 1. The summed E-state index contributed by atoms with van der Waals surface area (Å²) in [7, 11) is 0. The van der Waals surface area contributed by atoms with Crippen LogP contribution in [0.4, 0.5) is 24.5 Å². The number of hydrogen-bond donors (Lipinski definition) is 1. The van der Waals surface area contributed by atoms with E-state index in [0.717, 1.165) is 40.1 Å². The molecule has 1 fully saturated rings. The summed E-state index contributed by atoms with van der Waals surface area (Å²) in [5, 5.41) is 2.29. The second kappa shape index (κ2) is 10.7. The van der Waals surface area contributed by atoms with Crippen LogP contribution >= 0.6 is 34.7 Å². The minimum Gasteiger partial charge on any atom is -0.325 e. The van der Waals surface area contributed by atoms with Crippen molar-refractivity contribution in [3.05, 3.63) is 104 Å². The molecule has 3 amide bonds. The summed E-state index contributed by atoms with van der Waals surface area (Å²) in [6.45, 7) is -0.506. The van der Waals surface area contributed by atoms with Crippen molar-refractivity contribution in [2.24, 2.45) is 5.92 Å². The zero-order valence-corrected chi connectivity index (χ0v) is 23.6. The lowest BCUT2D eigenvalue weighted by Crippen LogP contribution is -2.33. The molecule has 8 nitrogen and oxygen atoms in total. The van der Waals surface area contributed by atoms with Gasteiger partial charge in [0.25, 0.3) is 0 Å². The van der Waals surface area contributed by atoms with Gasteiger partial charge in [0.15, 0.2) is 0 Å². The molecule has 1 saturated heterocycles. The third-order valence-electron chi connectivity index (χ3n) is 6.95. The Hall–Kier alpha value is -3.94. The van der Waals surface area contributed by atoms with Crippen LogP contribution in [0, 0.1) is 5.92 Å². The van der Waals surface area contributed by atoms with Gasteiger partial charge in [0, 0.05) is 33.9 Å². The van der Waals surface area contributed by atoms with Crippen molar-refractivity contribution in [3.8, 4) is 0 Å². The van der Waals surface area contributed by atoms with Crippen LogP contribution in [0.15, 0.2) is 82.9 Å². The van der Waals surface area contributed by atoms with Crippen LogP contribution in [-0.2, 0) is 27.1 Å². The highest BCUT2D eigenvalue weighted by molar-refractivity contribution is 8.00. The van der Waals surface area contributed by atoms with E-state index in [1.54, 1.807) is 48.8 Å². The lowest BCUT2D eigenvalue weighted by Gasteiger charge is -2.30. The Morgan fingerprint density at radius 1 is 1.02 bits per heavy atom. The normalized spacial score (nSPS) is 19.9. The number of halogens is 4. The summed E-state index contributed by atoms with van der Waals surface area (Å²) in [6.07, 6.45) is -1.46. The third-order valence-corrected chi connectivity index (χ3v) is 9.81. The number of benzene rings is 2. The molecule has 2 unspecified atom stereocenters. The number of nitrogens with zero attached hydrogens (tertiary/aromatic N) is 3. The number of anilines is 2. The van der Waals surface area contributed by atoms with E-state index in [9.17, 15) is 32.3 Å². The molecule has 0 bridgehead atoms. The zero-order valence-electron chi connectivity index (χ0n) is 21.2. The summed E-state index contributed by atoms with van der Waals surface area (Å²) in [5.74, 6) is -3.18. The molecular weight excluding hydrogens is 613 g/mol. The molecule has 2 aromatic heterocycles. The van der Waals surface area contributed by atoms with E-state index in [1.165, 1.54) is 16.7 Å². The molecule has 6 rings (SSSR count). The van der Waals surface area contributed by atoms with Gasteiger partial charge in [-0.15, -0.1) is 0 Å². The molecule has 2 aliphatic rings. The molecule has 4 aromatic rings. The second-order valence-corrected chi connectivity index (χ2v) is 12.1. The van der Waals surface area contributed by atoms with Crippen LogP contribution in [0.5, 0.6) is 0 Å². The maximum absolute atomic E-state index is 13.8. The summed E-state index contributed by atoms with van der Waals surface area (Å²) in [5.41, 5.74) is -0.0328. The molecule has 4 heterocycles. The molecular formula is C28H18ClF3N4O4S2. The fraction of sp³-hybridized carbons (Fsp3) is 0.179. The summed E-state index contributed by atoms with van der Waals surface area (Å²) in [4.78, 5) is 58.9. The van der Waals surface area contributed by atoms with Gasteiger partial charge in [-0.2, -0.15) is 13.2 Å². The summed E-state index contributed by atoms with van der Waals surface area (Å²) >= 11 is 7.88. The fourth-order valence-corrected chi connectivity index (χ4v) is 8.04. The number of amides is 3. The number of carbonyl (C=O) groups is 3. The van der Waals surface area contributed by atoms with Gasteiger partial charge in [0.1, 0.15) is 11.8 Å². The quantitative estimate of drug-likeness (QED) is 0.296. The smallest absolute Gasteiger partial charge is 0.325 e. The molecule has 0 aliphatic carbocycles. The average Bonchev–Trinajstić information content (AvgIpc) is 3.40. The van der Waals surface area contributed by atoms with Crippen LogP contribution in [0.2, 0.25) is 5.02 Å². The number of rotatable bonds is 5. The summed E-state index contributed by atoms with van der Waals surface area (Å²) in [6, 6.07) is 13.9. The SMILES string of the molecule is O=C(Cn1c2c(sc1=O)[C@@H](c1cccnc1)C1C(=O)N(c3ccc(Cl)cc3)C(=O)C1S2)Nc1cccc(C(F)(F)F)c1. The minimum absolute atomic E-state index is 0.0805. The van der Waals surface area contributed by atoms with Crippen LogP contribution in [0.1, 0.15) is 21.9 Å². The Kier molecular flexibility index (Phi) is 7.19. The van der Waals surface area contributed by atoms with Crippen molar-refractivity contribution in [1.82, 2.24) is 9.55 Å². The number of imide groups is 1. The standard InChI is InChI=1S/C28H18ClF3N4O4S2/c29-16-6-8-18(9-7-16)36-24(38)21-20(14-3-2-10-33-12-14)23-26(41-22(21)25(36)39)35(27(40)42-23)13-19(37)34-17-5-1-4-15(11-17)28(30,31)32/h1-12,20-22H,13H2,(H,34,37)/t20-,21?,22?/m0/s1. The maximum Gasteiger partial charge on any atom is 0.416 e. The number of alkyl halides is 3. The van der Waals surface area contributed by atoms with Crippen LogP contribution in [0.25, 0.3) is 0 Å². The van der Waals surface area contributed by atoms with Gasteiger partial charge >= 0.3 is 11.0 Å². The molecule has 214 valence electrons. The number of thioether (sulfide) groups is 1. The molecule has 42 heavy (non-hydrogen) atoms. The number of pyridine rings is 1. The number of fused-ring (bicyclic) bond motifs is 2. The van der Waals surface area contributed by atoms with Crippen molar-refractivity contribution in [3.63, 3.8) is 0 Å². The second-order valence-electron chi connectivity index (χ2n) is 9.57. The highest BCUT2D eigenvalue weighted by Gasteiger charge is 2.56. The molecule has 0 spiro atoms. The van der Waals surface area contributed by atoms with Gasteiger partial charge in [-0.05, 0) is 54.1 Å². The Morgan fingerprint density at radius 3 is 2.48 bits per heavy atom. The van der Waals surface area contributed by atoms with E-state index < -0.39 is 58.0 Å². The number of thiazole rings is 1. The van der Waals surface area contributed by atoms with E-state index in [1.807, 2.05) is 0 Å². The largest absolute Gasteiger partial charge is 0.416 e. The van der Waals surface area contributed by atoms with Crippen molar-refractivity contribution in [2.75, 3.05) is 10.2 Å². The lowest BCUT2D eigenvalue weighted by atomic mass is 9.84. The minimum atomic E-state index is -4.59. The van der Waals surface area contributed by atoms with E-state index in [-0.39, 0.29) is 5.69 Å². The van der Waals surface area contributed by atoms with Crippen LogP contribution in [-0.4, -0.2) is 32.5 Å². The van der Waals surface area contributed by atoms with Crippen LogP contribution < -0.4 is 15.1 Å². The molecule has 0 saturated carbocycles. The molecule has 14 heteroatoms. The molecule has 0 radical (unpaired) electrons. The molecule has 2 aliphatic heterocycles. The van der Waals surface area contributed by atoms with E-state index >= 15 is 0 Å². The zero-order chi connectivity index (χ0) is 29.8. The molecule has 3 atom stereocenters.